The molecule has 1 fully saturated rings. The van der Waals surface area contributed by atoms with Crippen LogP contribution < -0.4 is 5.32 Å². The van der Waals surface area contributed by atoms with Crippen LogP contribution >= 0.6 is 35.7 Å². The molecule has 0 aromatic heterocycles. The van der Waals surface area contributed by atoms with Gasteiger partial charge in [-0.1, -0.05) is 19.8 Å². The summed E-state index contributed by atoms with van der Waals surface area (Å²) in [4.78, 5) is 18.2. The molecule has 0 aliphatic carbocycles. The van der Waals surface area contributed by atoms with Crippen molar-refractivity contribution < 1.29 is 9.53 Å². The zero-order chi connectivity index (χ0) is 16.9. The van der Waals surface area contributed by atoms with E-state index in [1.165, 1.54) is 19.3 Å². The minimum atomic E-state index is -0.106. The number of carbonyl (C=O) groups excluding carboxylic acids is 1. The van der Waals surface area contributed by atoms with Crippen molar-refractivity contribution in [3.05, 3.63) is 0 Å². The lowest BCUT2D eigenvalue weighted by Crippen LogP contribution is -2.48. The van der Waals surface area contributed by atoms with Gasteiger partial charge in [0.15, 0.2) is 5.96 Å². The van der Waals surface area contributed by atoms with Crippen molar-refractivity contribution >= 4 is 47.7 Å². The molecule has 0 amide bonds. The van der Waals surface area contributed by atoms with Crippen LogP contribution in [-0.2, 0) is 9.53 Å². The predicted molar refractivity (Wildman–Crippen MR) is 115 cm³/mol. The van der Waals surface area contributed by atoms with Gasteiger partial charge in [0.25, 0.3) is 0 Å². The lowest BCUT2D eigenvalue weighted by atomic mass is 10.1. The first-order chi connectivity index (χ1) is 11.2. The number of nitrogens with one attached hydrogen (secondary N) is 1. The third kappa shape index (κ3) is 9.96. The van der Waals surface area contributed by atoms with E-state index in [0.717, 1.165) is 63.1 Å². The molecule has 0 aromatic rings. The fourth-order valence-corrected chi connectivity index (χ4v) is 3.79. The first kappa shape index (κ1) is 23.8. The molecule has 142 valence electrons. The fourth-order valence-electron chi connectivity index (χ4n) is 2.61. The topological polar surface area (TPSA) is 53.9 Å². The van der Waals surface area contributed by atoms with Gasteiger partial charge in [-0.25, -0.2) is 0 Å². The lowest BCUT2D eigenvalue weighted by molar-refractivity contribution is -0.140. The van der Waals surface area contributed by atoms with Gasteiger partial charge in [-0.2, -0.15) is 11.8 Å². The third-order valence-electron chi connectivity index (χ3n) is 4.01. The van der Waals surface area contributed by atoms with Gasteiger partial charge >= 0.3 is 5.97 Å². The number of ether oxygens (including phenoxy) is 1. The SMILES string of the molecule is CCNC(=NCCCCCCC(=O)OC)N1CCSC(CC)C1.I. The Morgan fingerprint density at radius 2 is 2.04 bits per heavy atom. The van der Waals surface area contributed by atoms with E-state index >= 15 is 0 Å². The van der Waals surface area contributed by atoms with Crippen LogP contribution in [0.4, 0.5) is 0 Å². The van der Waals surface area contributed by atoms with Gasteiger partial charge in [0.1, 0.15) is 0 Å². The number of rotatable bonds is 9. The number of hydrogen-bond donors (Lipinski definition) is 1. The van der Waals surface area contributed by atoms with Gasteiger partial charge < -0.3 is 15.0 Å². The molecule has 0 radical (unpaired) electrons. The Bertz CT molecular complexity index is 370. The summed E-state index contributed by atoms with van der Waals surface area (Å²) in [5, 5.41) is 4.15. The van der Waals surface area contributed by atoms with Crippen LogP contribution in [0.5, 0.6) is 0 Å². The van der Waals surface area contributed by atoms with Crippen molar-refractivity contribution in [1.82, 2.24) is 10.2 Å². The van der Waals surface area contributed by atoms with Gasteiger partial charge in [0, 0.05) is 43.6 Å². The van der Waals surface area contributed by atoms with Crippen LogP contribution in [0.1, 0.15) is 52.4 Å². The van der Waals surface area contributed by atoms with Gasteiger partial charge in [-0.3, -0.25) is 9.79 Å². The Morgan fingerprint density at radius 3 is 2.71 bits per heavy atom. The number of thioether (sulfide) groups is 1. The number of hydrogen-bond acceptors (Lipinski definition) is 4. The highest BCUT2D eigenvalue weighted by Crippen LogP contribution is 2.21. The molecule has 1 atom stereocenters. The molecule has 0 bridgehead atoms. The van der Waals surface area contributed by atoms with Crippen LogP contribution in [0.3, 0.4) is 0 Å². The molecule has 1 N–H and O–H groups in total. The second-order valence-corrected chi connectivity index (χ2v) is 7.23. The number of guanidine groups is 1. The molecule has 5 nitrogen and oxygen atoms in total. The van der Waals surface area contributed by atoms with E-state index in [-0.39, 0.29) is 29.9 Å². The van der Waals surface area contributed by atoms with E-state index in [0.29, 0.717) is 6.42 Å². The molecule has 1 aliphatic heterocycles. The van der Waals surface area contributed by atoms with E-state index in [4.69, 9.17) is 4.99 Å². The predicted octanol–water partition coefficient (Wildman–Crippen LogP) is 3.52. The fraction of sp³-hybridized carbons (Fsp3) is 0.882. The monoisotopic (exact) mass is 471 g/mol. The summed E-state index contributed by atoms with van der Waals surface area (Å²) in [5.41, 5.74) is 0. The maximum atomic E-state index is 11.0. The van der Waals surface area contributed by atoms with Crippen LogP contribution in [-0.4, -0.2) is 61.1 Å². The Morgan fingerprint density at radius 1 is 1.29 bits per heavy atom. The number of esters is 1. The average molecular weight is 471 g/mol. The van der Waals surface area contributed by atoms with Crippen LogP contribution in [0.15, 0.2) is 4.99 Å². The first-order valence-electron chi connectivity index (χ1n) is 8.92. The quantitative estimate of drug-likeness (QED) is 0.183. The summed E-state index contributed by atoms with van der Waals surface area (Å²) < 4.78 is 4.65. The summed E-state index contributed by atoms with van der Waals surface area (Å²) in [6.45, 7) is 8.36. The highest BCUT2D eigenvalue weighted by molar-refractivity contribution is 14.0. The molecule has 0 saturated carbocycles. The molecular formula is C17H34IN3O2S. The largest absolute Gasteiger partial charge is 0.469 e. The molecule has 1 heterocycles. The normalized spacial score (nSPS) is 18.0. The smallest absolute Gasteiger partial charge is 0.305 e. The van der Waals surface area contributed by atoms with Gasteiger partial charge in [-0.15, -0.1) is 24.0 Å². The molecule has 1 aliphatic rings. The van der Waals surface area contributed by atoms with E-state index in [2.05, 4.69) is 40.6 Å². The molecule has 1 saturated heterocycles. The maximum Gasteiger partial charge on any atom is 0.305 e. The van der Waals surface area contributed by atoms with Crippen molar-refractivity contribution in [2.75, 3.05) is 39.0 Å². The lowest BCUT2D eigenvalue weighted by Gasteiger charge is -2.34. The standard InChI is InChI=1S/C17H33N3O2S.HI/c1-4-15-14-20(12-13-23-15)17(18-5-2)19-11-9-7-6-8-10-16(21)22-3;/h15H,4-14H2,1-3H3,(H,18,19);1H. The molecule has 24 heavy (non-hydrogen) atoms. The number of aliphatic imine (C=N–C) groups is 1. The average Bonchev–Trinajstić information content (AvgIpc) is 2.59. The highest BCUT2D eigenvalue weighted by Gasteiger charge is 2.21. The van der Waals surface area contributed by atoms with E-state index in [1.807, 2.05) is 0 Å². The van der Waals surface area contributed by atoms with Crippen molar-refractivity contribution in [3.8, 4) is 0 Å². The van der Waals surface area contributed by atoms with E-state index in [1.54, 1.807) is 0 Å². The maximum absolute atomic E-state index is 11.0. The Kier molecular flexibility index (Phi) is 15.0. The third-order valence-corrected chi connectivity index (χ3v) is 5.38. The second kappa shape index (κ2) is 15.1. The Labute approximate surface area is 168 Å². The first-order valence-corrected chi connectivity index (χ1v) is 9.97. The molecule has 0 aromatic carbocycles. The molecule has 7 heteroatoms. The Hall–Kier alpha value is -0.180. The van der Waals surface area contributed by atoms with Crippen LogP contribution in [0, 0.1) is 0 Å². The number of nitrogens with zero attached hydrogens (tertiary/aromatic N) is 2. The van der Waals surface area contributed by atoms with Crippen LogP contribution in [0.25, 0.3) is 0 Å². The summed E-state index contributed by atoms with van der Waals surface area (Å²) in [6.07, 6.45) is 5.94. The molecule has 0 spiro atoms. The second-order valence-electron chi connectivity index (χ2n) is 5.82. The zero-order valence-corrected chi connectivity index (χ0v) is 18.5. The molecule has 1 rings (SSSR count). The van der Waals surface area contributed by atoms with Crippen molar-refractivity contribution in [2.24, 2.45) is 4.99 Å². The number of carbonyl (C=O) groups is 1. The highest BCUT2D eigenvalue weighted by atomic mass is 127. The van der Waals surface area contributed by atoms with Gasteiger partial charge in [0.05, 0.1) is 7.11 Å². The summed E-state index contributed by atoms with van der Waals surface area (Å²) in [6, 6.07) is 0. The zero-order valence-electron chi connectivity index (χ0n) is 15.4. The number of unbranched alkanes of at least 4 members (excludes halogenated alkanes) is 3. The van der Waals surface area contributed by atoms with Crippen molar-refractivity contribution in [1.29, 1.82) is 0 Å². The summed E-state index contributed by atoms with van der Waals surface area (Å²) in [7, 11) is 1.45. The van der Waals surface area contributed by atoms with Gasteiger partial charge in [0.2, 0.25) is 0 Å². The summed E-state index contributed by atoms with van der Waals surface area (Å²) >= 11 is 2.08. The van der Waals surface area contributed by atoms with Gasteiger partial charge in [-0.05, 0) is 26.2 Å². The van der Waals surface area contributed by atoms with Crippen molar-refractivity contribution in [3.63, 3.8) is 0 Å². The number of halogens is 1. The number of methoxy groups -OCH3 is 1. The van der Waals surface area contributed by atoms with E-state index in [9.17, 15) is 4.79 Å². The Balaban J connectivity index is 0.00000529. The minimum Gasteiger partial charge on any atom is -0.469 e. The van der Waals surface area contributed by atoms with E-state index < -0.39 is 0 Å². The molecule has 1 unspecified atom stereocenters. The molecular weight excluding hydrogens is 437 g/mol. The van der Waals surface area contributed by atoms with Crippen molar-refractivity contribution in [2.45, 2.75) is 57.6 Å². The minimum absolute atomic E-state index is 0. The summed E-state index contributed by atoms with van der Waals surface area (Å²) in [5.74, 6) is 2.16. The van der Waals surface area contributed by atoms with Crippen LogP contribution in [0.2, 0.25) is 0 Å².